The maximum Gasteiger partial charge on any atom is 0.246 e. The lowest BCUT2D eigenvalue weighted by molar-refractivity contribution is 0.124. The van der Waals surface area contributed by atoms with Crippen LogP contribution in [0.2, 0.25) is 0 Å². The lowest BCUT2D eigenvalue weighted by atomic mass is 10.1. The Labute approximate surface area is 147 Å². The van der Waals surface area contributed by atoms with Gasteiger partial charge in [0.1, 0.15) is 16.7 Å². The number of benzene rings is 1. The molecule has 7 nitrogen and oxygen atoms in total. The quantitative estimate of drug-likeness (QED) is 0.808. The predicted molar refractivity (Wildman–Crippen MR) is 92.2 cm³/mol. The second kappa shape index (κ2) is 7.37. The first-order valence-electron chi connectivity index (χ1n) is 8.08. The van der Waals surface area contributed by atoms with E-state index in [1.54, 1.807) is 24.5 Å². The monoisotopic (exact) mass is 363 g/mol. The molecular formula is C17H21N3O4S. The predicted octanol–water partition coefficient (Wildman–Crippen LogP) is 2.03. The molecule has 3 rings (SSSR count). The van der Waals surface area contributed by atoms with E-state index in [2.05, 4.69) is 9.97 Å². The molecule has 1 aliphatic heterocycles. The van der Waals surface area contributed by atoms with Gasteiger partial charge in [-0.3, -0.25) is 4.98 Å². The minimum Gasteiger partial charge on any atom is -0.495 e. The standard InChI is InChI=1S/C17H21N3O4S/c1-13-5-6-15(23-2)16(10-13)25(21,22)20-9-3-4-14(12-20)24-17-11-18-7-8-19-17/h5-8,10-11,14H,3-4,9,12H2,1-2H3. The van der Waals surface area contributed by atoms with Crippen LogP contribution in [0.25, 0.3) is 0 Å². The highest BCUT2D eigenvalue weighted by molar-refractivity contribution is 7.89. The molecule has 0 aliphatic carbocycles. The molecule has 1 atom stereocenters. The molecule has 0 saturated carbocycles. The van der Waals surface area contributed by atoms with E-state index in [0.717, 1.165) is 18.4 Å². The van der Waals surface area contributed by atoms with Crippen LogP contribution < -0.4 is 9.47 Å². The fourth-order valence-electron chi connectivity index (χ4n) is 2.86. The van der Waals surface area contributed by atoms with Crippen molar-refractivity contribution in [3.63, 3.8) is 0 Å². The van der Waals surface area contributed by atoms with Crippen LogP contribution in [-0.2, 0) is 10.0 Å². The van der Waals surface area contributed by atoms with E-state index >= 15 is 0 Å². The summed E-state index contributed by atoms with van der Waals surface area (Å²) in [5.41, 5.74) is 0.865. The summed E-state index contributed by atoms with van der Waals surface area (Å²) in [7, 11) is -2.19. The maximum atomic E-state index is 13.1. The van der Waals surface area contributed by atoms with Crippen molar-refractivity contribution in [2.24, 2.45) is 0 Å². The summed E-state index contributed by atoms with van der Waals surface area (Å²) in [5, 5.41) is 0. The third-order valence-electron chi connectivity index (χ3n) is 4.10. The van der Waals surface area contributed by atoms with Gasteiger partial charge < -0.3 is 9.47 Å². The first-order valence-corrected chi connectivity index (χ1v) is 9.52. The van der Waals surface area contributed by atoms with Crippen LogP contribution in [0, 0.1) is 6.92 Å². The number of aromatic nitrogens is 2. The Kier molecular flexibility index (Phi) is 5.19. The van der Waals surface area contributed by atoms with E-state index in [1.807, 2.05) is 13.0 Å². The lowest BCUT2D eigenvalue weighted by Gasteiger charge is -2.32. The largest absolute Gasteiger partial charge is 0.495 e. The average molecular weight is 363 g/mol. The minimum absolute atomic E-state index is 0.190. The Bertz CT molecular complexity index is 827. The second-order valence-electron chi connectivity index (χ2n) is 5.94. The molecule has 0 bridgehead atoms. The topological polar surface area (TPSA) is 81.6 Å². The molecule has 1 unspecified atom stereocenters. The number of piperidine rings is 1. The SMILES string of the molecule is COc1ccc(C)cc1S(=O)(=O)N1CCCC(Oc2cnccn2)C1. The number of hydrogen-bond donors (Lipinski definition) is 0. The van der Waals surface area contributed by atoms with Crippen LogP contribution in [0.1, 0.15) is 18.4 Å². The first-order chi connectivity index (χ1) is 12.0. The molecule has 25 heavy (non-hydrogen) atoms. The number of sulfonamides is 1. The van der Waals surface area contributed by atoms with E-state index in [-0.39, 0.29) is 17.5 Å². The summed E-state index contributed by atoms with van der Waals surface area (Å²) in [6.45, 7) is 2.59. The van der Waals surface area contributed by atoms with Crippen molar-refractivity contribution in [1.82, 2.24) is 14.3 Å². The zero-order valence-corrected chi connectivity index (χ0v) is 15.1. The highest BCUT2D eigenvalue weighted by Gasteiger charge is 2.33. The van der Waals surface area contributed by atoms with Crippen molar-refractivity contribution in [2.45, 2.75) is 30.8 Å². The third-order valence-corrected chi connectivity index (χ3v) is 5.99. The van der Waals surface area contributed by atoms with E-state index in [1.165, 1.54) is 17.6 Å². The van der Waals surface area contributed by atoms with Gasteiger partial charge in [-0.2, -0.15) is 4.31 Å². The van der Waals surface area contributed by atoms with Crippen LogP contribution >= 0.6 is 0 Å². The molecular weight excluding hydrogens is 342 g/mol. The molecule has 0 radical (unpaired) electrons. The van der Waals surface area contributed by atoms with Crippen LogP contribution in [0.4, 0.5) is 0 Å². The normalized spacial score (nSPS) is 18.7. The van der Waals surface area contributed by atoms with Gasteiger partial charge in [-0.15, -0.1) is 0 Å². The summed E-state index contributed by atoms with van der Waals surface area (Å²) in [6.07, 6.45) is 5.87. The van der Waals surface area contributed by atoms with Gasteiger partial charge in [-0.1, -0.05) is 6.07 Å². The van der Waals surface area contributed by atoms with Crippen molar-refractivity contribution < 1.29 is 17.9 Å². The highest BCUT2D eigenvalue weighted by Crippen LogP contribution is 2.30. The summed E-state index contributed by atoms with van der Waals surface area (Å²) in [4.78, 5) is 8.24. The van der Waals surface area contributed by atoms with E-state index in [4.69, 9.17) is 9.47 Å². The molecule has 1 aliphatic rings. The Morgan fingerprint density at radius 1 is 1.28 bits per heavy atom. The Hall–Kier alpha value is -2.19. The molecule has 0 N–H and O–H groups in total. The van der Waals surface area contributed by atoms with E-state index < -0.39 is 10.0 Å². The second-order valence-corrected chi connectivity index (χ2v) is 7.85. The molecule has 1 aromatic carbocycles. The summed E-state index contributed by atoms with van der Waals surface area (Å²) in [6, 6.07) is 5.15. The van der Waals surface area contributed by atoms with Crippen molar-refractivity contribution in [3.05, 3.63) is 42.4 Å². The Morgan fingerprint density at radius 2 is 2.12 bits per heavy atom. The van der Waals surface area contributed by atoms with Crippen molar-refractivity contribution >= 4 is 10.0 Å². The molecule has 2 heterocycles. The smallest absolute Gasteiger partial charge is 0.246 e. The molecule has 0 amide bonds. The lowest BCUT2D eigenvalue weighted by Crippen LogP contribution is -2.44. The molecule has 134 valence electrons. The zero-order chi connectivity index (χ0) is 17.9. The Balaban J connectivity index is 1.81. The number of ether oxygens (including phenoxy) is 2. The van der Waals surface area contributed by atoms with E-state index in [9.17, 15) is 8.42 Å². The average Bonchev–Trinajstić information content (AvgIpc) is 2.63. The molecule has 8 heteroatoms. The van der Waals surface area contributed by atoms with Gasteiger partial charge in [0.25, 0.3) is 0 Å². The number of methoxy groups -OCH3 is 1. The molecule has 1 fully saturated rings. The first kappa shape index (κ1) is 17.6. The molecule has 1 aromatic heterocycles. The number of hydrogen-bond acceptors (Lipinski definition) is 6. The highest BCUT2D eigenvalue weighted by atomic mass is 32.2. The summed E-state index contributed by atoms with van der Waals surface area (Å²) >= 11 is 0. The summed E-state index contributed by atoms with van der Waals surface area (Å²) in [5.74, 6) is 0.752. The van der Waals surface area contributed by atoms with Crippen LogP contribution in [-0.4, -0.2) is 49.0 Å². The van der Waals surface area contributed by atoms with Gasteiger partial charge in [-0.05, 0) is 37.5 Å². The molecule has 2 aromatic rings. The fraction of sp³-hybridized carbons (Fsp3) is 0.412. The van der Waals surface area contributed by atoms with Gasteiger partial charge in [0.05, 0.1) is 19.9 Å². The van der Waals surface area contributed by atoms with Gasteiger partial charge in [0.2, 0.25) is 15.9 Å². The number of aryl methyl sites for hydroxylation is 1. The van der Waals surface area contributed by atoms with Crippen LogP contribution in [0.15, 0.2) is 41.7 Å². The van der Waals surface area contributed by atoms with Gasteiger partial charge >= 0.3 is 0 Å². The van der Waals surface area contributed by atoms with Crippen molar-refractivity contribution in [2.75, 3.05) is 20.2 Å². The Morgan fingerprint density at radius 3 is 2.84 bits per heavy atom. The fourth-order valence-corrected chi connectivity index (χ4v) is 4.61. The van der Waals surface area contributed by atoms with E-state index in [0.29, 0.717) is 18.2 Å². The van der Waals surface area contributed by atoms with Crippen LogP contribution in [0.3, 0.4) is 0 Å². The van der Waals surface area contributed by atoms with Crippen molar-refractivity contribution in [3.8, 4) is 11.6 Å². The third kappa shape index (κ3) is 3.91. The number of rotatable bonds is 5. The zero-order valence-electron chi connectivity index (χ0n) is 14.3. The molecule has 0 spiro atoms. The minimum atomic E-state index is -3.66. The van der Waals surface area contributed by atoms with Crippen LogP contribution in [0.5, 0.6) is 11.6 Å². The summed E-state index contributed by atoms with van der Waals surface area (Å²) < 4.78 is 38.6. The van der Waals surface area contributed by atoms with Gasteiger partial charge in [0.15, 0.2) is 0 Å². The molecule has 1 saturated heterocycles. The maximum absolute atomic E-state index is 13.1. The van der Waals surface area contributed by atoms with Crippen molar-refractivity contribution in [1.29, 1.82) is 0 Å². The number of nitrogens with zero attached hydrogens (tertiary/aromatic N) is 3. The van der Waals surface area contributed by atoms with Gasteiger partial charge in [0, 0.05) is 18.9 Å². The van der Waals surface area contributed by atoms with Gasteiger partial charge in [-0.25, -0.2) is 13.4 Å².